The van der Waals surface area contributed by atoms with Crippen LogP contribution < -0.4 is 5.32 Å². The Hall–Kier alpha value is -4.00. The van der Waals surface area contributed by atoms with E-state index in [0.29, 0.717) is 36.6 Å². The molecule has 4 aromatic rings. The largest absolute Gasteiger partial charge is 0.366 e. The highest BCUT2D eigenvalue weighted by Crippen LogP contribution is 2.39. The quantitative estimate of drug-likeness (QED) is 0.271. The fraction of sp³-hybridized carbons (Fsp3) is 0.406. The summed E-state index contributed by atoms with van der Waals surface area (Å²) in [7, 11) is -3.77. The second-order valence-electron chi connectivity index (χ2n) is 11.9. The number of hydrogen-bond donors (Lipinski definition) is 1. The number of nitrogens with zero attached hydrogens (tertiary/aromatic N) is 6. The van der Waals surface area contributed by atoms with Gasteiger partial charge in [0.1, 0.15) is 10.6 Å². The van der Waals surface area contributed by atoms with Gasteiger partial charge in [-0.1, -0.05) is 30.3 Å². The molecule has 4 heterocycles. The number of ether oxygens (including phenoxy) is 1. The highest BCUT2D eigenvalue weighted by Gasteiger charge is 2.40. The molecule has 0 radical (unpaired) electrons. The predicted molar refractivity (Wildman–Crippen MR) is 166 cm³/mol. The van der Waals surface area contributed by atoms with Crippen molar-refractivity contribution in [1.82, 2.24) is 29.3 Å². The number of aryl methyl sites for hydroxylation is 2. The van der Waals surface area contributed by atoms with Crippen LogP contribution in [0.5, 0.6) is 0 Å². The number of amides is 1. The minimum absolute atomic E-state index is 0.0899. The zero-order valence-corrected chi connectivity index (χ0v) is 26.6. The second kappa shape index (κ2) is 12.9. The van der Waals surface area contributed by atoms with Crippen LogP contribution in [-0.4, -0.2) is 50.1 Å². The number of fused-ring (bicyclic) bond motifs is 1. The van der Waals surface area contributed by atoms with Crippen LogP contribution in [0.15, 0.2) is 72.1 Å². The number of carbonyl (C=O) groups excluding carboxylic acids is 1. The molecule has 0 spiro atoms. The maximum absolute atomic E-state index is 13.8. The van der Waals surface area contributed by atoms with Crippen LogP contribution in [0.1, 0.15) is 61.9 Å². The first-order valence-electron chi connectivity index (χ1n) is 14.7. The number of rotatable bonds is 10. The van der Waals surface area contributed by atoms with Gasteiger partial charge in [0.15, 0.2) is 0 Å². The third-order valence-corrected chi connectivity index (χ3v) is 9.90. The predicted octanol–water partition coefficient (Wildman–Crippen LogP) is 4.70. The third-order valence-electron chi connectivity index (χ3n) is 8.01. The summed E-state index contributed by atoms with van der Waals surface area (Å²) in [5, 5.41) is 11.3. The fourth-order valence-electron chi connectivity index (χ4n) is 5.45. The third kappa shape index (κ3) is 6.72. The normalized spacial score (nSPS) is 17.4. The first kappa shape index (κ1) is 31.4. The summed E-state index contributed by atoms with van der Waals surface area (Å²) in [4.78, 5) is 22.4. The minimum Gasteiger partial charge on any atom is -0.366 e. The Labute approximate surface area is 258 Å². The summed E-state index contributed by atoms with van der Waals surface area (Å²) in [5.74, 6) is -0.157. The molecule has 1 aromatic carbocycles. The van der Waals surface area contributed by atoms with Crippen LogP contribution in [0.2, 0.25) is 0 Å². The number of nitrogens with one attached hydrogen (secondary N) is 1. The fourth-order valence-corrected chi connectivity index (χ4v) is 7.17. The number of carbonyl (C=O) groups is 1. The van der Waals surface area contributed by atoms with Crippen molar-refractivity contribution in [2.45, 2.75) is 71.7 Å². The van der Waals surface area contributed by atoms with Crippen LogP contribution >= 0.6 is 0 Å². The van der Waals surface area contributed by atoms with E-state index in [0.717, 1.165) is 16.7 Å². The average molecular weight is 618 g/mol. The molecule has 1 aliphatic rings. The Morgan fingerprint density at radius 3 is 2.70 bits per heavy atom. The average Bonchev–Trinajstić information content (AvgIpc) is 3.43. The Morgan fingerprint density at radius 1 is 1.18 bits per heavy atom. The second-order valence-corrected chi connectivity index (χ2v) is 13.8. The van der Waals surface area contributed by atoms with E-state index in [2.05, 4.69) is 25.6 Å². The Kier molecular flexibility index (Phi) is 9.23. The van der Waals surface area contributed by atoms with Gasteiger partial charge in [0, 0.05) is 32.0 Å². The molecule has 44 heavy (non-hydrogen) atoms. The van der Waals surface area contributed by atoms with Crippen LogP contribution in [-0.2, 0) is 45.7 Å². The van der Waals surface area contributed by atoms with Crippen molar-refractivity contribution >= 4 is 21.6 Å². The van der Waals surface area contributed by atoms with Crippen molar-refractivity contribution in [2.24, 2.45) is 11.3 Å². The van der Waals surface area contributed by atoms with E-state index in [1.165, 1.54) is 4.31 Å². The van der Waals surface area contributed by atoms with E-state index in [9.17, 15) is 13.2 Å². The lowest BCUT2D eigenvalue weighted by Crippen LogP contribution is -2.38. The number of anilines is 1. The van der Waals surface area contributed by atoms with Crippen molar-refractivity contribution in [3.05, 3.63) is 95.3 Å². The SMILES string of the molecule is CCn1cc(CO[C@H](c2ccc(C)c(CN3C[C@@H](C)Cc4ncccc4S3(=O)=O)c2)C(C)(C)C(=O)Nc2cccnc2)nn1. The van der Waals surface area contributed by atoms with Crippen LogP contribution in [0.4, 0.5) is 5.69 Å². The van der Waals surface area contributed by atoms with Crippen molar-refractivity contribution < 1.29 is 17.9 Å². The zero-order chi connectivity index (χ0) is 31.5. The van der Waals surface area contributed by atoms with E-state index >= 15 is 0 Å². The van der Waals surface area contributed by atoms with Gasteiger partial charge >= 0.3 is 0 Å². The van der Waals surface area contributed by atoms with E-state index in [-0.39, 0.29) is 29.9 Å². The number of benzene rings is 1. The summed E-state index contributed by atoms with van der Waals surface area (Å²) in [6, 6.07) is 12.7. The highest BCUT2D eigenvalue weighted by molar-refractivity contribution is 7.89. The van der Waals surface area contributed by atoms with Gasteiger partial charge in [-0.3, -0.25) is 19.4 Å². The standard InChI is InChI=1S/C32H39N7O4S/c1-6-38-20-27(36-37-38)21-43-30(32(4,5)31(40)35-26-9-7-13-33-17-26)24-12-11-23(3)25(16-24)19-39-18-22(2)15-28-29(44(39,41)42)10-8-14-34-28/h7-14,16-17,20,22,30H,6,15,18-19,21H2,1-5H3,(H,35,40)/t22-,30+/m0/s1. The number of hydrogen-bond acceptors (Lipinski definition) is 8. The monoisotopic (exact) mass is 617 g/mol. The molecule has 0 saturated carbocycles. The molecule has 0 unspecified atom stereocenters. The molecule has 0 fully saturated rings. The first-order chi connectivity index (χ1) is 21.0. The number of pyridine rings is 2. The van der Waals surface area contributed by atoms with Gasteiger partial charge in [0.05, 0.1) is 41.9 Å². The maximum Gasteiger partial charge on any atom is 0.245 e. The molecule has 0 bridgehead atoms. The maximum atomic E-state index is 13.8. The Bertz CT molecular complexity index is 1720. The molecule has 1 N–H and O–H groups in total. The van der Waals surface area contributed by atoms with Gasteiger partial charge in [-0.25, -0.2) is 8.42 Å². The lowest BCUT2D eigenvalue weighted by atomic mass is 9.80. The van der Waals surface area contributed by atoms with Gasteiger partial charge < -0.3 is 10.1 Å². The van der Waals surface area contributed by atoms with Crippen LogP contribution in [0.25, 0.3) is 0 Å². The lowest BCUT2D eigenvalue weighted by Gasteiger charge is -2.34. The molecule has 12 heteroatoms. The minimum atomic E-state index is -3.77. The smallest absolute Gasteiger partial charge is 0.245 e. The molecule has 5 rings (SSSR count). The van der Waals surface area contributed by atoms with Crippen LogP contribution in [0.3, 0.4) is 0 Å². The van der Waals surface area contributed by atoms with E-state index in [1.807, 2.05) is 59.0 Å². The van der Waals surface area contributed by atoms with Gasteiger partial charge in [-0.05, 0) is 81.0 Å². The van der Waals surface area contributed by atoms with Gasteiger partial charge in [-0.15, -0.1) is 5.10 Å². The molecule has 3 aromatic heterocycles. The molecule has 2 atom stereocenters. The summed E-state index contributed by atoms with van der Waals surface area (Å²) >= 11 is 0. The van der Waals surface area contributed by atoms with Crippen molar-refractivity contribution in [2.75, 3.05) is 11.9 Å². The van der Waals surface area contributed by atoms with E-state index in [4.69, 9.17) is 4.74 Å². The molecular weight excluding hydrogens is 578 g/mol. The summed E-state index contributed by atoms with van der Waals surface area (Å²) in [6.45, 7) is 11.0. The van der Waals surface area contributed by atoms with Gasteiger partial charge in [0.25, 0.3) is 0 Å². The summed E-state index contributed by atoms with van der Waals surface area (Å²) in [5.41, 5.74) is 3.30. The van der Waals surface area contributed by atoms with Gasteiger partial charge in [0.2, 0.25) is 15.9 Å². The highest BCUT2D eigenvalue weighted by atomic mass is 32.2. The van der Waals surface area contributed by atoms with Crippen molar-refractivity contribution in [3.8, 4) is 0 Å². The molecule has 232 valence electrons. The number of sulfonamides is 1. The van der Waals surface area contributed by atoms with Crippen molar-refractivity contribution in [3.63, 3.8) is 0 Å². The Balaban J connectivity index is 1.48. The molecular formula is C32H39N7O4S. The molecule has 1 amide bonds. The van der Waals surface area contributed by atoms with Crippen molar-refractivity contribution in [1.29, 1.82) is 0 Å². The van der Waals surface area contributed by atoms with E-state index in [1.54, 1.807) is 47.5 Å². The Morgan fingerprint density at radius 2 is 1.98 bits per heavy atom. The number of aromatic nitrogens is 5. The molecule has 0 saturated heterocycles. The topological polar surface area (TPSA) is 132 Å². The van der Waals surface area contributed by atoms with E-state index < -0.39 is 21.5 Å². The summed E-state index contributed by atoms with van der Waals surface area (Å²) in [6.07, 6.45) is 6.58. The molecule has 1 aliphatic heterocycles. The first-order valence-corrected chi connectivity index (χ1v) is 16.2. The zero-order valence-electron chi connectivity index (χ0n) is 25.8. The molecule has 11 nitrogen and oxygen atoms in total. The summed E-state index contributed by atoms with van der Waals surface area (Å²) < 4.78 is 37.3. The van der Waals surface area contributed by atoms with Gasteiger partial charge in [-0.2, -0.15) is 4.31 Å². The molecule has 0 aliphatic carbocycles. The lowest BCUT2D eigenvalue weighted by molar-refractivity contribution is -0.134. The van der Waals surface area contributed by atoms with Crippen LogP contribution in [0, 0.1) is 18.3 Å².